The molecule has 98 valence electrons. The van der Waals surface area contributed by atoms with E-state index in [4.69, 9.17) is 17.3 Å². The molecule has 4 heteroatoms. The van der Waals surface area contributed by atoms with Gasteiger partial charge < -0.3 is 10.6 Å². The van der Waals surface area contributed by atoms with E-state index in [1.165, 1.54) is 0 Å². The molecule has 18 heavy (non-hydrogen) atoms. The van der Waals surface area contributed by atoms with Gasteiger partial charge in [0.25, 0.3) is 5.91 Å². The summed E-state index contributed by atoms with van der Waals surface area (Å²) in [6, 6.07) is 5.49. The number of halogens is 1. The smallest absolute Gasteiger partial charge is 0.254 e. The maximum absolute atomic E-state index is 12.4. The lowest BCUT2D eigenvalue weighted by atomic mass is 9.96. The van der Waals surface area contributed by atoms with Crippen LogP contribution in [0.25, 0.3) is 0 Å². The quantitative estimate of drug-likeness (QED) is 0.894. The summed E-state index contributed by atoms with van der Waals surface area (Å²) in [5, 5.41) is 0.651. The van der Waals surface area contributed by atoms with Crippen molar-refractivity contribution in [2.75, 3.05) is 19.6 Å². The number of carbonyl (C=O) groups excluding carboxylic acids is 1. The van der Waals surface area contributed by atoms with Crippen LogP contribution in [-0.2, 0) is 0 Å². The van der Waals surface area contributed by atoms with Gasteiger partial charge in [-0.1, -0.05) is 17.7 Å². The number of likely N-dealkylation sites (tertiary alicyclic amines) is 1. The number of benzene rings is 1. The second-order valence-electron chi connectivity index (χ2n) is 4.88. The highest BCUT2D eigenvalue weighted by Gasteiger charge is 2.24. The maximum atomic E-state index is 12.4. The van der Waals surface area contributed by atoms with Crippen molar-refractivity contribution in [2.45, 2.75) is 19.8 Å². The largest absolute Gasteiger partial charge is 0.339 e. The predicted octanol–water partition coefficient (Wildman–Crippen LogP) is 2.46. The predicted molar refractivity (Wildman–Crippen MR) is 73.9 cm³/mol. The number of nitrogens with zero attached hydrogens (tertiary/aromatic N) is 1. The van der Waals surface area contributed by atoms with E-state index in [2.05, 4.69) is 0 Å². The minimum atomic E-state index is 0.0884. The molecule has 1 aromatic rings. The minimum Gasteiger partial charge on any atom is -0.339 e. The topological polar surface area (TPSA) is 46.3 Å². The van der Waals surface area contributed by atoms with Crippen molar-refractivity contribution in [3.8, 4) is 0 Å². The van der Waals surface area contributed by atoms with Crippen molar-refractivity contribution >= 4 is 17.5 Å². The van der Waals surface area contributed by atoms with E-state index < -0.39 is 0 Å². The van der Waals surface area contributed by atoms with Crippen molar-refractivity contribution < 1.29 is 4.79 Å². The first-order chi connectivity index (χ1) is 8.63. The van der Waals surface area contributed by atoms with E-state index in [0.29, 0.717) is 16.5 Å². The molecule has 1 aliphatic heterocycles. The molecule has 0 bridgehead atoms. The number of hydrogen-bond acceptors (Lipinski definition) is 2. The average Bonchev–Trinajstić information content (AvgIpc) is 2.41. The van der Waals surface area contributed by atoms with Gasteiger partial charge in [-0.3, -0.25) is 4.79 Å². The first-order valence-electron chi connectivity index (χ1n) is 6.38. The third kappa shape index (κ3) is 2.68. The molecule has 0 aromatic heterocycles. The van der Waals surface area contributed by atoms with Crippen LogP contribution in [0.4, 0.5) is 0 Å². The third-order valence-electron chi connectivity index (χ3n) is 3.73. The number of rotatable bonds is 2. The summed E-state index contributed by atoms with van der Waals surface area (Å²) in [5.41, 5.74) is 7.24. The summed E-state index contributed by atoms with van der Waals surface area (Å²) < 4.78 is 0. The van der Waals surface area contributed by atoms with E-state index in [0.717, 1.165) is 38.0 Å². The van der Waals surface area contributed by atoms with E-state index in [1.54, 1.807) is 0 Å². The first-order valence-corrected chi connectivity index (χ1v) is 6.75. The zero-order chi connectivity index (χ0) is 13.1. The lowest BCUT2D eigenvalue weighted by Gasteiger charge is -2.31. The summed E-state index contributed by atoms with van der Waals surface area (Å²) in [6.07, 6.45) is 2.00. The third-order valence-corrected chi connectivity index (χ3v) is 4.14. The Bertz CT molecular complexity index is 439. The molecule has 1 saturated heterocycles. The van der Waals surface area contributed by atoms with E-state index in [1.807, 2.05) is 30.0 Å². The van der Waals surface area contributed by atoms with Gasteiger partial charge in [-0.05, 0) is 49.9 Å². The lowest BCUT2D eigenvalue weighted by Crippen LogP contribution is -2.40. The fourth-order valence-corrected chi connectivity index (χ4v) is 2.56. The summed E-state index contributed by atoms with van der Waals surface area (Å²) >= 11 is 6.06. The molecule has 0 aliphatic carbocycles. The average molecular weight is 267 g/mol. The molecule has 3 nitrogen and oxygen atoms in total. The number of piperidine rings is 1. The van der Waals surface area contributed by atoms with Gasteiger partial charge in [0.1, 0.15) is 0 Å². The summed E-state index contributed by atoms with van der Waals surface area (Å²) in [4.78, 5) is 14.3. The summed E-state index contributed by atoms with van der Waals surface area (Å²) in [6.45, 7) is 4.21. The monoisotopic (exact) mass is 266 g/mol. The van der Waals surface area contributed by atoms with Crippen LogP contribution in [0.3, 0.4) is 0 Å². The van der Waals surface area contributed by atoms with Crippen molar-refractivity contribution in [3.63, 3.8) is 0 Å². The van der Waals surface area contributed by atoms with Crippen molar-refractivity contribution in [3.05, 3.63) is 34.3 Å². The number of nitrogens with two attached hydrogens (primary N) is 1. The molecule has 0 saturated carbocycles. The fourth-order valence-electron chi connectivity index (χ4n) is 2.38. The Labute approximate surface area is 113 Å². The highest BCUT2D eigenvalue weighted by molar-refractivity contribution is 6.31. The van der Waals surface area contributed by atoms with Gasteiger partial charge in [0.2, 0.25) is 0 Å². The Hall–Kier alpha value is -1.06. The van der Waals surface area contributed by atoms with Crippen LogP contribution in [0.1, 0.15) is 28.8 Å². The van der Waals surface area contributed by atoms with Crippen LogP contribution < -0.4 is 5.73 Å². The van der Waals surface area contributed by atoms with Crippen molar-refractivity contribution in [2.24, 2.45) is 11.7 Å². The second kappa shape index (κ2) is 5.72. The number of hydrogen-bond donors (Lipinski definition) is 1. The van der Waals surface area contributed by atoms with E-state index in [-0.39, 0.29) is 5.91 Å². The van der Waals surface area contributed by atoms with Gasteiger partial charge >= 0.3 is 0 Å². The highest BCUT2D eigenvalue weighted by atomic mass is 35.5. The van der Waals surface area contributed by atoms with Crippen LogP contribution in [0.15, 0.2) is 18.2 Å². The lowest BCUT2D eigenvalue weighted by molar-refractivity contribution is 0.0692. The van der Waals surface area contributed by atoms with Gasteiger partial charge in [-0.25, -0.2) is 0 Å². The summed E-state index contributed by atoms with van der Waals surface area (Å²) in [5.74, 6) is 0.653. The second-order valence-corrected chi connectivity index (χ2v) is 5.29. The van der Waals surface area contributed by atoms with Gasteiger partial charge in [0, 0.05) is 23.7 Å². The zero-order valence-corrected chi connectivity index (χ0v) is 11.4. The normalized spacial score (nSPS) is 16.9. The molecule has 1 aromatic carbocycles. The molecule has 1 fully saturated rings. The molecule has 0 spiro atoms. The molecule has 0 radical (unpaired) electrons. The molecule has 0 unspecified atom stereocenters. The first kappa shape index (κ1) is 13.4. The Morgan fingerprint density at radius 1 is 1.44 bits per heavy atom. The van der Waals surface area contributed by atoms with Gasteiger partial charge in [-0.2, -0.15) is 0 Å². The van der Waals surface area contributed by atoms with Crippen LogP contribution in [0.5, 0.6) is 0 Å². The van der Waals surface area contributed by atoms with Crippen molar-refractivity contribution in [1.82, 2.24) is 4.90 Å². The number of amides is 1. The fraction of sp³-hybridized carbons (Fsp3) is 0.500. The van der Waals surface area contributed by atoms with E-state index in [9.17, 15) is 4.79 Å². The Morgan fingerprint density at radius 2 is 2.11 bits per heavy atom. The van der Waals surface area contributed by atoms with Crippen LogP contribution >= 0.6 is 11.6 Å². The van der Waals surface area contributed by atoms with Gasteiger partial charge in [0.15, 0.2) is 0 Å². The van der Waals surface area contributed by atoms with Crippen LogP contribution in [0, 0.1) is 12.8 Å². The zero-order valence-electron chi connectivity index (χ0n) is 10.7. The van der Waals surface area contributed by atoms with Crippen molar-refractivity contribution in [1.29, 1.82) is 0 Å². The molecule has 1 aliphatic rings. The molecule has 2 N–H and O–H groups in total. The standard InChI is InChI=1S/C14H19ClN2O/c1-10-12(3-2-4-13(10)15)14(18)17-7-5-11(9-16)6-8-17/h2-4,11H,5-9,16H2,1H3. The molecule has 0 atom stereocenters. The van der Waals surface area contributed by atoms with Gasteiger partial charge in [-0.15, -0.1) is 0 Å². The maximum Gasteiger partial charge on any atom is 0.254 e. The Morgan fingerprint density at radius 3 is 2.72 bits per heavy atom. The molecular formula is C14H19ClN2O. The van der Waals surface area contributed by atoms with Crippen LogP contribution in [-0.4, -0.2) is 30.4 Å². The molecular weight excluding hydrogens is 248 g/mol. The van der Waals surface area contributed by atoms with E-state index >= 15 is 0 Å². The molecule has 2 rings (SSSR count). The number of carbonyl (C=O) groups is 1. The summed E-state index contributed by atoms with van der Waals surface area (Å²) in [7, 11) is 0. The van der Waals surface area contributed by atoms with Gasteiger partial charge in [0.05, 0.1) is 0 Å². The minimum absolute atomic E-state index is 0.0884. The Kier molecular flexibility index (Phi) is 4.25. The molecule has 1 amide bonds. The van der Waals surface area contributed by atoms with Crippen LogP contribution in [0.2, 0.25) is 5.02 Å². The Balaban J connectivity index is 2.10. The SMILES string of the molecule is Cc1c(Cl)cccc1C(=O)N1CCC(CN)CC1. The highest BCUT2D eigenvalue weighted by Crippen LogP contribution is 2.23. The molecule has 1 heterocycles.